The molecule has 1 aromatic rings. The molecule has 0 aliphatic carbocycles. The van der Waals surface area contributed by atoms with E-state index in [0.717, 1.165) is 19.4 Å². The smallest absolute Gasteiger partial charge is 0.303 e. The Kier molecular flexibility index (Phi) is 4.70. The Morgan fingerprint density at radius 3 is 3.05 bits per heavy atom. The molecule has 0 radical (unpaired) electrons. The SMILES string of the molecule is N#Cc1ccc(F)cc1CN1CCCC(CC(=O)O)C1. The lowest BCUT2D eigenvalue weighted by molar-refractivity contribution is -0.138. The van der Waals surface area contributed by atoms with Crippen LogP contribution in [0.1, 0.15) is 30.4 Å². The van der Waals surface area contributed by atoms with Crippen molar-refractivity contribution in [3.63, 3.8) is 0 Å². The summed E-state index contributed by atoms with van der Waals surface area (Å²) < 4.78 is 13.3. The fourth-order valence-corrected chi connectivity index (χ4v) is 2.75. The molecule has 1 aromatic carbocycles. The molecule has 20 heavy (non-hydrogen) atoms. The van der Waals surface area contributed by atoms with Crippen LogP contribution < -0.4 is 0 Å². The standard InChI is InChI=1S/C15H17FN2O2/c16-14-4-3-12(8-17)13(7-14)10-18-5-1-2-11(9-18)6-15(19)20/h3-4,7,11H,1-2,5-6,9-10H2,(H,19,20). The first-order chi connectivity index (χ1) is 9.58. The van der Waals surface area contributed by atoms with Crippen LogP contribution in [0.2, 0.25) is 0 Å². The highest BCUT2D eigenvalue weighted by Crippen LogP contribution is 2.22. The molecule has 0 aromatic heterocycles. The van der Waals surface area contributed by atoms with E-state index in [1.807, 2.05) is 0 Å². The zero-order chi connectivity index (χ0) is 14.5. The summed E-state index contributed by atoms with van der Waals surface area (Å²) in [5.41, 5.74) is 1.15. The first-order valence-corrected chi connectivity index (χ1v) is 6.71. The maximum atomic E-state index is 13.3. The number of piperidine rings is 1. The van der Waals surface area contributed by atoms with Gasteiger partial charge in [-0.05, 0) is 49.1 Å². The van der Waals surface area contributed by atoms with E-state index in [-0.39, 0.29) is 18.2 Å². The minimum absolute atomic E-state index is 0.139. The average Bonchev–Trinajstić information content (AvgIpc) is 2.38. The van der Waals surface area contributed by atoms with Gasteiger partial charge in [0, 0.05) is 19.5 Å². The number of nitriles is 1. The average molecular weight is 276 g/mol. The molecule has 4 nitrogen and oxygen atoms in total. The number of halogens is 1. The topological polar surface area (TPSA) is 64.3 Å². The summed E-state index contributed by atoms with van der Waals surface area (Å²) in [6.07, 6.45) is 2.02. The van der Waals surface area contributed by atoms with Crippen LogP contribution in [-0.4, -0.2) is 29.1 Å². The van der Waals surface area contributed by atoms with E-state index < -0.39 is 5.97 Å². The Bertz CT molecular complexity index is 539. The molecule has 1 saturated heterocycles. The van der Waals surface area contributed by atoms with Gasteiger partial charge in [-0.15, -0.1) is 0 Å². The van der Waals surface area contributed by atoms with E-state index >= 15 is 0 Å². The van der Waals surface area contributed by atoms with Crippen molar-refractivity contribution in [2.45, 2.75) is 25.8 Å². The van der Waals surface area contributed by atoms with Gasteiger partial charge in [0.15, 0.2) is 0 Å². The number of hydrogen-bond donors (Lipinski definition) is 1. The van der Waals surface area contributed by atoms with E-state index in [2.05, 4.69) is 11.0 Å². The lowest BCUT2D eigenvalue weighted by Crippen LogP contribution is -2.36. The van der Waals surface area contributed by atoms with Gasteiger partial charge >= 0.3 is 5.97 Å². The first kappa shape index (κ1) is 14.5. The van der Waals surface area contributed by atoms with Crippen molar-refractivity contribution in [1.82, 2.24) is 4.90 Å². The molecule has 0 amide bonds. The summed E-state index contributed by atoms with van der Waals surface area (Å²) in [5, 5.41) is 17.9. The molecule has 1 heterocycles. The molecule has 1 atom stereocenters. The van der Waals surface area contributed by atoms with Crippen molar-refractivity contribution in [1.29, 1.82) is 5.26 Å². The molecule has 1 unspecified atom stereocenters. The Morgan fingerprint density at radius 1 is 1.55 bits per heavy atom. The molecule has 5 heteroatoms. The number of benzene rings is 1. The highest BCUT2D eigenvalue weighted by Gasteiger charge is 2.22. The molecular formula is C15H17FN2O2. The van der Waals surface area contributed by atoms with Gasteiger partial charge < -0.3 is 5.11 Å². The van der Waals surface area contributed by atoms with Crippen molar-refractivity contribution in [2.24, 2.45) is 5.92 Å². The highest BCUT2D eigenvalue weighted by atomic mass is 19.1. The van der Waals surface area contributed by atoms with Crippen LogP contribution in [-0.2, 0) is 11.3 Å². The molecule has 0 bridgehead atoms. The van der Waals surface area contributed by atoms with Gasteiger partial charge in [-0.1, -0.05) is 0 Å². The minimum atomic E-state index is -0.777. The maximum absolute atomic E-state index is 13.3. The predicted octanol–water partition coefficient (Wildman–Crippen LogP) is 2.38. The van der Waals surface area contributed by atoms with Crippen molar-refractivity contribution >= 4 is 5.97 Å². The van der Waals surface area contributed by atoms with Crippen LogP contribution in [0.3, 0.4) is 0 Å². The first-order valence-electron chi connectivity index (χ1n) is 6.71. The van der Waals surface area contributed by atoms with Gasteiger partial charge in [0.1, 0.15) is 5.82 Å². The zero-order valence-corrected chi connectivity index (χ0v) is 11.2. The molecule has 1 aliphatic rings. The molecule has 1 aliphatic heterocycles. The van der Waals surface area contributed by atoms with Gasteiger partial charge in [-0.25, -0.2) is 4.39 Å². The van der Waals surface area contributed by atoms with Gasteiger partial charge in [-0.3, -0.25) is 9.69 Å². The van der Waals surface area contributed by atoms with Crippen LogP contribution in [0, 0.1) is 23.1 Å². The third-order valence-corrected chi connectivity index (χ3v) is 3.65. The maximum Gasteiger partial charge on any atom is 0.303 e. The number of hydrogen-bond acceptors (Lipinski definition) is 3. The fourth-order valence-electron chi connectivity index (χ4n) is 2.75. The van der Waals surface area contributed by atoms with Crippen LogP contribution in [0.4, 0.5) is 4.39 Å². The summed E-state index contributed by atoms with van der Waals surface area (Å²) in [4.78, 5) is 12.9. The quantitative estimate of drug-likeness (QED) is 0.917. The normalized spacial score (nSPS) is 19.5. The van der Waals surface area contributed by atoms with Gasteiger partial charge in [0.25, 0.3) is 0 Å². The predicted molar refractivity (Wildman–Crippen MR) is 71.4 cm³/mol. The number of carbonyl (C=O) groups is 1. The fraction of sp³-hybridized carbons (Fsp3) is 0.467. The van der Waals surface area contributed by atoms with Crippen LogP contribution in [0.15, 0.2) is 18.2 Å². The molecule has 1 fully saturated rings. The summed E-state index contributed by atoms with van der Waals surface area (Å²) in [6, 6.07) is 6.23. The Hall–Kier alpha value is -1.93. The van der Waals surface area contributed by atoms with E-state index in [4.69, 9.17) is 10.4 Å². The summed E-state index contributed by atoms with van der Waals surface area (Å²) in [6.45, 7) is 2.04. The van der Waals surface area contributed by atoms with Crippen LogP contribution in [0.25, 0.3) is 0 Å². The van der Waals surface area contributed by atoms with Crippen molar-refractivity contribution in [2.75, 3.05) is 13.1 Å². The van der Waals surface area contributed by atoms with Crippen molar-refractivity contribution in [3.8, 4) is 6.07 Å². The number of aliphatic carboxylic acids is 1. The lowest BCUT2D eigenvalue weighted by Gasteiger charge is -2.32. The number of likely N-dealkylation sites (tertiary alicyclic amines) is 1. The Morgan fingerprint density at radius 2 is 2.35 bits per heavy atom. The third-order valence-electron chi connectivity index (χ3n) is 3.65. The second-order valence-corrected chi connectivity index (χ2v) is 5.25. The summed E-state index contributed by atoms with van der Waals surface area (Å²) >= 11 is 0. The number of carboxylic acids is 1. The summed E-state index contributed by atoms with van der Waals surface area (Å²) in [5.74, 6) is -0.987. The minimum Gasteiger partial charge on any atom is -0.481 e. The van der Waals surface area contributed by atoms with E-state index in [9.17, 15) is 9.18 Å². The Labute approximate surface area is 117 Å². The van der Waals surface area contributed by atoms with Gasteiger partial charge in [-0.2, -0.15) is 5.26 Å². The lowest BCUT2D eigenvalue weighted by atomic mass is 9.94. The van der Waals surface area contributed by atoms with Crippen LogP contribution >= 0.6 is 0 Å². The van der Waals surface area contributed by atoms with Gasteiger partial charge in [0.2, 0.25) is 0 Å². The number of nitrogens with zero attached hydrogens (tertiary/aromatic N) is 2. The molecule has 106 valence electrons. The zero-order valence-electron chi connectivity index (χ0n) is 11.2. The second-order valence-electron chi connectivity index (χ2n) is 5.25. The number of rotatable bonds is 4. The number of carboxylic acid groups (broad SMARTS) is 1. The second kappa shape index (κ2) is 6.49. The van der Waals surface area contributed by atoms with Crippen LogP contribution in [0.5, 0.6) is 0 Å². The van der Waals surface area contributed by atoms with E-state index in [1.165, 1.54) is 18.2 Å². The monoisotopic (exact) mass is 276 g/mol. The van der Waals surface area contributed by atoms with Gasteiger partial charge in [0.05, 0.1) is 11.6 Å². The Balaban J connectivity index is 2.04. The molecule has 1 N–H and O–H groups in total. The summed E-state index contributed by atoms with van der Waals surface area (Å²) in [7, 11) is 0. The van der Waals surface area contributed by atoms with E-state index in [1.54, 1.807) is 0 Å². The molecule has 0 saturated carbocycles. The largest absolute Gasteiger partial charge is 0.481 e. The third kappa shape index (κ3) is 3.78. The van der Waals surface area contributed by atoms with E-state index in [0.29, 0.717) is 24.2 Å². The molecule has 0 spiro atoms. The van der Waals surface area contributed by atoms with Crippen molar-refractivity contribution < 1.29 is 14.3 Å². The van der Waals surface area contributed by atoms with Crippen molar-refractivity contribution in [3.05, 3.63) is 35.1 Å². The molecule has 2 rings (SSSR count). The molecular weight excluding hydrogens is 259 g/mol. The highest BCUT2D eigenvalue weighted by molar-refractivity contribution is 5.67.